The summed E-state index contributed by atoms with van der Waals surface area (Å²) in [5.74, 6) is 0.0596. The van der Waals surface area contributed by atoms with E-state index in [1.165, 1.54) is 11.8 Å². The number of nitrogens with zero attached hydrogens (tertiary/aromatic N) is 5. The van der Waals surface area contributed by atoms with E-state index in [0.29, 0.717) is 24.8 Å². The maximum Gasteiger partial charge on any atom is 0.236 e. The van der Waals surface area contributed by atoms with Crippen molar-refractivity contribution in [2.45, 2.75) is 55.9 Å². The Morgan fingerprint density at radius 2 is 1.77 bits per heavy atom. The Balaban J connectivity index is 1.46. The highest BCUT2D eigenvalue weighted by Crippen LogP contribution is 2.25. The Hall–Kier alpha value is -2.71. The molecule has 1 saturated heterocycles. The zero-order valence-electron chi connectivity index (χ0n) is 17.6. The molecule has 1 aliphatic rings. The summed E-state index contributed by atoms with van der Waals surface area (Å²) in [5, 5.41) is 12.4. The van der Waals surface area contributed by atoms with Gasteiger partial charge in [-0.05, 0) is 41.3 Å². The van der Waals surface area contributed by atoms with Gasteiger partial charge in [-0.3, -0.25) is 4.79 Å². The molecule has 2 aromatic carbocycles. The van der Waals surface area contributed by atoms with Crippen LogP contribution in [0.2, 0.25) is 0 Å². The van der Waals surface area contributed by atoms with Gasteiger partial charge in [0.1, 0.15) is 0 Å². The fourth-order valence-electron chi connectivity index (χ4n) is 3.66. The quantitative estimate of drug-likeness (QED) is 0.477. The smallest absolute Gasteiger partial charge is 0.236 e. The van der Waals surface area contributed by atoms with Gasteiger partial charge in [-0.2, -0.15) is 0 Å². The largest absolute Gasteiger partial charge is 0.376 e. The first-order valence-corrected chi connectivity index (χ1v) is 11.5. The number of hydrogen-bond acceptors (Lipinski definition) is 6. The van der Waals surface area contributed by atoms with Gasteiger partial charge in [0.25, 0.3) is 0 Å². The number of carbonyl (C=O) groups excluding carboxylic acids is 1. The van der Waals surface area contributed by atoms with Crippen molar-refractivity contribution in [2.75, 3.05) is 6.61 Å². The summed E-state index contributed by atoms with van der Waals surface area (Å²) in [6.45, 7) is 4.44. The third-order valence-corrected chi connectivity index (χ3v) is 6.33. The number of benzene rings is 2. The van der Waals surface area contributed by atoms with E-state index in [2.05, 4.69) is 15.5 Å². The molecule has 0 saturated carbocycles. The molecule has 7 nitrogen and oxygen atoms in total. The number of tetrazole rings is 1. The Morgan fingerprint density at radius 3 is 2.35 bits per heavy atom. The van der Waals surface area contributed by atoms with Crippen LogP contribution in [0.5, 0.6) is 0 Å². The third kappa shape index (κ3) is 5.92. The number of carbonyl (C=O) groups is 1. The minimum atomic E-state index is -0.318. The van der Waals surface area contributed by atoms with Gasteiger partial charge >= 0.3 is 0 Å². The highest BCUT2D eigenvalue weighted by atomic mass is 32.2. The monoisotopic (exact) mass is 437 g/mol. The van der Waals surface area contributed by atoms with Gasteiger partial charge in [0.15, 0.2) is 0 Å². The van der Waals surface area contributed by atoms with Crippen molar-refractivity contribution in [1.29, 1.82) is 0 Å². The van der Waals surface area contributed by atoms with E-state index in [1.807, 2.05) is 72.5 Å². The van der Waals surface area contributed by atoms with E-state index < -0.39 is 0 Å². The summed E-state index contributed by atoms with van der Waals surface area (Å²) < 4.78 is 7.46. The van der Waals surface area contributed by atoms with E-state index in [1.54, 1.807) is 4.68 Å². The van der Waals surface area contributed by atoms with Crippen molar-refractivity contribution in [2.24, 2.45) is 0 Å². The molecule has 3 aromatic rings. The van der Waals surface area contributed by atoms with Crippen molar-refractivity contribution in [3.8, 4) is 0 Å². The van der Waals surface area contributed by atoms with Crippen LogP contribution in [0.15, 0.2) is 65.8 Å². The number of ether oxygens (including phenoxy) is 1. The molecule has 0 aliphatic carbocycles. The maximum atomic E-state index is 13.4. The second-order valence-corrected chi connectivity index (χ2v) is 9.01. The van der Waals surface area contributed by atoms with E-state index in [-0.39, 0.29) is 17.3 Å². The van der Waals surface area contributed by atoms with Crippen LogP contribution in [0, 0.1) is 0 Å². The molecule has 0 unspecified atom stereocenters. The molecular weight excluding hydrogens is 410 g/mol. The molecular formula is C23H27N5O2S. The number of amides is 1. The molecule has 1 amide bonds. The number of thioether (sulfide) groups is 1. The number of aromatic nitrogens is 4. The Labute approximate surface area is 186 Å². The molecule has 0 spiro atoms. The molecule has 2 heterocycles. The molecule has 2 atom stereocenters. The van der Waals surface area contributed by atoms with Crippen LogP contribution < -0.4 is 0 Å². The van der Waals surface area contributed by atoms with Gasteiger partial charge in [0.05, 0.1) is 17.9 Å². The zero-order chi connectivity index (χ0) is 21.5. The lowest BCUT2D eigenvalue weighted by atomic mass is 10.1. The first kappa shape index (κ1) is 21.5. The molecule has 8 heteroatoms. The third-order valence-electron chi connectivity index (χ3n) is 5.27. The normalized spacial score (nSPS) is 16.9. The van der Waals surface area contributed by atoms with Gasteiger partial charge in [0.2, 0.25) is 11.1 Å². The minimum Gasteiger partial charge on any atom is -0.376 e. The fraction of sp³-hybridized carbons (Fsp3) is 0.391. The molecule has 4 rings (SSSR count). The summed E-state index contributed by atoms with van der Waals surface area (Å²) in [4.78, 5) is 15.3. The molecule has 1 fully saturated rings. The lowest BCUT2D eigenvalue weighted by Crippen LogP contribution is -2.36. The molecule has 1 aliphatic heterocycles. The summed E-state index contributed by atoms with van der Waals surface area (Å²) >= 11 is 1.40. The van der Waals surface area contributed by atoms with E-state index in [4.69, 9.17) is 4.74 Å². The van der Waals surface area contributed by atoms with Crippen molar-refractivity contribution in [3.05, 3.63) is 71.8 Å². The van der Waals surface area contributed by atoms with Crippen LogP contribution in [0.25, 0.3) is 0 Å². The van der Waals surface area contributed by atoms with Crippen molar-refractivity contribution < 1.29 is 9.53 Å². The summed E-state index contributed by atoms with van der Waals surface area (Å²) in [5.41, 5.74) is 2.21. The predicted octanol–water partition coefficient (Wildman–Crippen LogP) is 3.56. The summed E-state index contributed by atoms with van der Waals surface area (Å²) in [6, 6.07) is 20.1. The fourth-order valence-corrected chi connectivity index (χ4v) is 4.54. The van der Waals surface area contributed by atoms with Crippen LogP contribution in [-0.2, 0) is 29.2 Å². The molecule has 0 bridgehead atoms. The number of hydrogen-bond donors (Lipinski definition) is 0. The summed E-state index contributed by atoms with van der Waals surface area (Å²) in [7, 11) is 0. The van der Waals surface area contributed by atoms with Crippen molar-refractivity contribution in [3.63, 3.8) is 0 Å². The molecule has 31 heavy (non-hydrogen) atoms. The molecule has 0 radical (unpaired) electrons. The average molecular weight is 438 g/mol. The van der Waals surface area contributed by atoms with Gasteiger partial charge in [-0.25, -0.2) is 4.68 Å². The standard InChI is InChI=1S/C23H27N5O2S/c1-18(31-23-24-25-26-28(23)17-21-13-8-14-30-21)22(29)27(15-19-9-4-2-5-10-19)16-20-11-6-3-7-12-20/h2-7,9-12,18,21H,8,13-17H2,1H3/t18-,21+/m1/s1. The van der Waals surface area contributed by atoms with Crippen LogP contribution in [-0.4, -0.2) is 49.0 Å². The SMILES string of the molecule is C[C@@H](Sc1nnnn1C[C@@H]1CCCO1)C(=O)N(Cc1ccccc1)Cc1ccccc1. The van der Waals surface area contributed by atoms with Crippen LogP contribution >= 0.6 is 11.8 Å². The molecule has 0 N–H and O–H groups in total. The topological polar surface area (TPSA) is 73.1 Å². The zero-order valence-corrected chi connectivity index (χ0v) is 18.4. The second kappa shape index (κ2) is 10.5. The van der Waals surface area contributed by atoms with Crippen LogP contribution in [0.1, 0.15) is 30.9 Å². The van der Waals surface area contributed by atoms with Gasteiger partial charge in [0, 0.05) is 19.7 Å². The first-order valence-electron chi connectivity index (χ1n) is 10.6. The lowest BCUT2D eigenvalue weighted by Gasteiger charge is -2.26. The minimum absolute atomic E-state index is 0.0596. The average Bonchev–Trinajstić information content (AvgIpc) is 3.47. The van der Waals surface area contributed by atoms with Gasteiger partial charge in [-0.1, -0.05) is 72.4 Å². The van der Waals surface area contributed by atoms with E-state index >= 15 is 0 Å². The molecule has 162 valence electrons. The maximum absolute atomic E-state index is 13.4. The Kier molecular flexibility index (Phi) is 7.32. The van der Waals surface area contributed by atoms with Crippen molar-refractivity contribution >= 4 is 17.7 Å². The highest BCUT2D eigenvalue weighted by Gasteiger charge is 2.25. The van der Waals surface area contributed by atoms with E-state index in [9.17, 15) is 4.79 Å². The number of rotatable bonds is 9. The predicted molar refractivity (Wildman–Crippen MR) is 119 cm³/mol. The van der Waals surface area contributed by atoms with Crippen LogP contribution in [0.3, 0.4) is 0 Å². The first-order chi connectivity index (χ1) is 15.2. The van der Waals surface area contributed by atoms with Crippen molar-refractivity contribution in [1.82, 2.24) is 25.1 Å². The van der Waals surface area contributed by atoms with Gasteiger partial charge < -0.3 is 9.64 Å². The Morgan fingerprint density at radius 1 is 1.13 bits per heavy atom. The van der Waals surface area contributed by atoms with E-state index in [0.717, 1.165) is 30.6 Å². The van der Waals surface area contributed by atoms with Crippen LogP contribution in [0.4, 0.5) is 0 Å². The Bertz CT molecular complexity index is 919. The van der Waals surface area contributed by atoms with Gasteiger partial charge in [-0.15, -0.1) is 5.10 Å². The lowest BCUT2D eigenvalue weighted by molar-refractivity contribution is -0.131. The highest BCUT2D eigenvalue weighted by molar-refractivity contribution is 8.00. The second-order valence-electron chi connectivity index (χ2n) is 7.70. The molecule has 1 aromatic heterocycles. The summed E-state index contributed by atoms with van der Waals surface area (Å²) in [6.07, 6.45) is 2.22.